The first-order chi connectivity index (χ1) is 14.9. The molecule has 1 amide bonds. The summed E-state index contributed by atoms with van der Waals surface area (Å²) in [6, 6.07) is 10.1. The molecule has 1 unspecified atom stereocenters. The molecule has 0 aliphatic heterocycles. The van der Waals surface area contributed by atoms with E-state index in [0.717, 1.165) is 51.0 Å². The van der Waals surface area contributed by atoms with Gasteiger partial charge in [-0.1, -0.05) is 19.1 Å². The SMILES string of the molecule is CCOc1ccc(-c2coc3c(C)c(OC)c(/C(C)=C/C(=O)NC(C)CC)cc23)cc1. The van der Waals surface area contributed by atoms with Crippen LogP contribution in [0.3, 0.4) is 0 Å². The zero-order valence-electron chi connectivity index (χ0n) is 19.2. The number of carbonyl (C=O) groups is 1. The predicted molar refractivity (Wildman–Crippen MR) is 126 cm³/mol. The van der Waals surface area contributed by atoms with Crippen LogP contribution < -0.4 is 14.8 Å². The van der Waals surface area contributed by atoms with Gasteiger partial charge in [-0.15, -0.1) is 0 Å². The lowest BCUT2D eigenvalue weighted by atomic mass is 9.96. The summed E-state index contributed by atoms with van der Waals surface area (Å²) in [5, 5.41) is 3.96. The molecule has 2 aromatic carbocycles. The summed E-state index contributed by atoms with van der Waals surface area (Å²) in [7, 11) is 1.64. The van der Waals surface area contributed by atoms with Crippen molar-refractivity contribution in [3.05, 3.63) is 53.8 Å². The quantitative estimate of drug-likeness (QED) is 0.444. The van der Waals surface area contributed by atoms with Gasteiger partial charge in [-0.05, 0) is 63.5 Å². The van der Waals surface area contributed by atoms with E-state index >= 15 is 0 Å². The van der Waals surface area contributed by atoms with Crippen molar-refractivity contribution in [2.45, 2.75) is 47.1 Å². The molecule has 0 bridgehead atoms. The number of nitrogens with one attached hydrogen (secondary N) is 1. The van der Waals surface area contributed by atoms with Gasteiger partial charge < -0.3 is 19.2 Å². The number of amides is 1. The van der Waals surface area contributed by atoms with Crippen molar-refractivity contribution < 1.29 is 18.7 Å². The second-order valence-electron chi connectivity index (χ2n) is 7.71. The fourth-order valence-electron chi connectivity index (χ4n) is 3.65. The normalized spacial score (nSPS) is 12.6. The monoisotopic (exact) mass is 421 g/mol. The number of aryl methyl sites for hydroxylation is 1. The van der Waals surface area contributed by atoms with Crippen LogP contribution in [0.4, 0.5) is 0 Å². The number of hydrogen-bond acceptors (Lipinski definition) is 4. The molecule has 164 valence electrons. The number of hydrogen-bond donors (Lipinski definition) is 1. The second-order valence-corrected chi connectivity index (χ2v) is 7.71. The number of benzene rings is 2. The first-order valence-corrected chi connectivity index (χ1v) is 10.7. The van der Waals surface area contributed by atoms with Crippen LogP contribution in [0.5, 0.6) is 11.5 Å². The number of fused-ring (bicyclic) bond motifs is 1. The Balaban J connectivity index is 2.08. The average molecular weight is 422 g/mol. The van der Waals surface area contributed by atoms with Gasteiger partial charge in [0.05, 0.1) is 20.0 Å². The van der Waals surface area contributed by atoms with E-state index in [4.69, 9.17) is 13.9 Å². The lowest BCUT2D eigenvalue weighted by molar-refractivity contribution is -0.117. The molecular weight excluding hydrogens is 390 g/mol. The highest BCUT2D eigenvalue weighted by molar-refractivity contribution is 6.01. The van der Waals surface area contributed by atoms with Gasteiger partial charge >= 0.3 is 0 Å². The fourth-order valence-corrected chi connectivity index (χ4v) is 3.65. The maximum Gasteiger partial charge on any atom is 0.244 e. The van der Waals surface area contributed by atoms with Gasteiger partial charge in [-0.2, -0.15) is 0 Å². The van der Waals surface area contributed by atoms with Gasteiger partial charge in [0.25, 0.3) is 0 Å². The molecule has 5 nitrogen and oxygen atoms in total. The fraction of sp³-hybridized carbons (Fsp3) is 0.346. The Labute approximate surface area is 184 Å². The average Bonchev–Trinajstić information content (AvgIpc) is 3.18. The molecular formula is C26H31NO4. The van der Waals surface area contributed by atoms with E-state index in [2.05, 4.69) is 5.32 Å². The minimum absolute atomic E-state index is 0.106. The summed E-state index contributed by atoms with van der Waals surface area (Å²) in [5.41, 5.74) is 5.42. The summed E-state index contributed by atoms with van der Waals surface area (Å²) in [5.74, 6) is 1.44. The molecule has 0 saturated heterocycles. The summed E-state index contributed by atoms with van der Waals surface area (Å²) >= 11 is 0. The Hall–Kier alpha value is -3.21. The molecule has 0 spiro atoms. The molecule has 0 saturated carbocycles. The van der Waals surface area contributed by atoms with Crippen molar-refractivity contribution in [1.29, 1.82) is 0 Å². The molecule has 1 aromatic heterocycles. The number of ether oxygens (including phenoxy) is 2. The Morgan fingerprint density at radius 3 is 2.55 bits per heavy atom. The van der Waals surface area contributed by atoms with Gasteiger partial charge in [-0.25, -0.2) is 0 Å². The topological polar surface area (TPSA) is 60.7 Å². The predicted octanol–water partition coefficient (Wildman–Crippen LogP) is 6.13. The highest BCUT2D eigenvalue weighted by Crippen LogP contribution is 2.40. The maximum atomic E-state index is 12.4. The number of carbonyl (C=O) groups excluding carboxylic acids is 1. The number of furan rings is 1. The maximum absolute atomic E-state index is 12.4. The Kier molecular flexibility index (Phi) is 7.06. The van der Waals surface area contributed by atoms with Gasteiger partial charge in [0.1, 0.15) is 17.1 Å². The second kappa shape index (κ2) is 9.73. The highest BCUT2D eigenvalue weighted by atomic mass is 16.5. The summed E-state index contributed by atoms with van der Waals surface area (Å²) < 4.78 is 17.2. The molecule has 1 atom stereocenters. The molecule has 3 aromatic rings. The zero-order chi connectivity index (χ0) is 22.5. The first kappa shape index (κ1) is 22.5. The van der Waals surface area contributed by atoms with E-state index in [9.17, 15) is 4.79 Å². The lowest BCUT2D eigenvalue weighted by Gasteiger charge is -2.14. The number of methoxy groups -OCH3 is 1. The third-order valence-corrected chi connectivity index (χ3v) is 5.50. The lowest BCUT2D eigenvalue weighted by Crippen LogP contribution is -2.30. The summed E-state index contributed by atoms with van der Waals surface area (Å²) in [6.45, 7) is 10.5. The van der Waals surface area contributed by atoms with Crippen molar-refractivity contribution in [1.82, 2.24) is 5.32 Å². The van der Waals surface area contributed by atoms with Crippen LogP contribution in [0.15, 0.2) is 47.1 Å². The van der Waals surface area contributed by atoms with E-state index < -0.39 is 0 Å². The van der Waals surface area contributed by atoms with Gasteiger partial charge in [-0.3, -0.25) is 4.79 Å². The molecule has 1 N–H and O–H groups in total. The largest absolute Gasteiger partial charge is 0.496 e. The Bertz CT molecular complexity index is 1090. The standard InChI is InChI=1S/C26H31NO4/c1-7-17(4)27-24(28)13-16(3)21-14-22-23(15-31-26(22)18(5)25(21)29-6)19-9-11-20(12-10-19)30-8-2/h9-15,17H,7-8H2,1-6H3,(H,27,28)/b16-13+. The minimum Gasteiger partial charge on any atom is -0.496 e. The van der Waals surface area contributed by atoms with E-state index in [-0.39, 0.29) is 11.9 Å². The Morgan fingerprint density at radius 2 is 1.94 bits per heavy atom. The molecule has 0 radical (unpaired) electrons. The van der Waals surface area contributed by atoms with Crippen molar-refractivity contribution in [2.24, 2.45) is 0 Å². The van der Waals surface area contributed by atoms with Gasteiger partial charge in [0.15, 0.2) is 0 Å². The highest BCUT2D eigenvalue weighted by Gasteiger charge is 2.19. The smallest absolute Gasteiger partial charge is 0.244 e. The summed E-state index contributed by atoms with van der Waals surface area (Å²) in [4.78, 5) is 12.4. The van der Waals surface area contributed by atoms with Crippen LogP contribution in [0, 0.1) is 6.92 Å². The van der Waals surface area contributed by atoms with E-state index in [1.54, 1.807) is 19.4 Å². The molecule has 0 aliphatic rings. The van der Waals surface area contributed by atoms with Crippen LogP contribution in [-0.2, 0) is 4.79 Å². The van der Waals surface area contributed by atoms with Crippen molar-refractivity contribution >= 4 is 22.4 Å². The van der Waals surface area contributed by atoms with E-state index in [1.807, 2.05) is 65.0 Å². The zero-order valence-corrected chi connectivity index (χ0v) is 19.2. The van der Waals surface area contributed by atoms with E-state index in [0.29, 0.717) is 12.4 Å². The van der Waals surface area contributed by atoms with Crippen molar-refractivity contribution in [2.75, 3.05) is 13.7 Å². The molecule has 3 rings (SSSR count). The molecule has 0 fully saturated rings. The van der Waals surface area contributed by atoms with Gasteiger partial charge in [0.2, 0.25) is 5.91 Å². The van der Waals surface area contributed by atoms with Crippen LogP contribution in [-0.4, -0.2) is 25.7 Å². The molecule has 31 heavy (non-hydrogen) atoms. The van der Waals surface area contributed by atoms with Crippen molar-refractivity contribution in [3.63, 3.8) is 0 Å². The van der Waals surface area contributed by atoms with Gasteiger partial charge in [0, 0.05) is 34.2 Å². The number of allylic oxidation sites excluding steroid dienone is 1. The summed E-state index contributed by atoms with van der Waals surface area (Å²) in [6.07, 6.45) is 4.28. The molecule has 1 heterocycles. The molecule has 0 aliphatic carbocycles. The number of rotatable bonds is 8. The minimum atomic E-state index is -0.106. The first-order valence-electron chi connectivity index (χ1n) is 10.7. The van der Waals surface area contributed by atoms with Crippen LogP contribution in [0.2, 0.25) is 0 Å². The third-order valence-electron chi connectivity index (χ3n) is 5.50. The third kappa shape index (κ3) is 4.76. The van der Waals surface area contributed by atoms with E-state index in [1.165, 1.54) is 0 Å². The van der Waals surface area contributed by atoms with Crippen LogP contribution in [0.1, 0.15) is 45.2 Å². The van der Waals surface area contributed by atoms with Crippen LogP contribution >= 0.6 is 0 Å². The molecule has 5 heteroatoms. The Morgan fingerprint density at radius 1 is 1.23 bits per heavy atom. The van der Waals surface area contributed by atoms with Crippen LogP contribution in [0.25, 0.3) is 27.7 Å². The van der Waals surface area contributed by atoms with Crippen molar-refractivity contribution in [3.8, 4) is 22.6 Å².